The number of nitrogens with zero attached hydrogens (tertiary/aromatic N) is 3. The fourth-order valence-electron chi connectivity index (χ4n) is 5.59. The molecule has 43 heavy (non-hydrogen) atoms. The first kappa shape index (κ1) is 30.1. The van der Waals surface area contributed by atoms with Gasteiger partial charge in [-0.15, -0.1) is 0 Å². The maximum atomic E-state index is 13.3. The van der Waals surface area contributed by atoms with Gasteiger partial charge in [0.05, 0.1) is 17.8 Å². The standard InChI is InChI=1S/C36H43N5O2/c1-25-14-16-30(17-15-25)41-33(24-32(39-41)36(3,4)5)38-35(43)37-31-13-9-8-12-29(31)22-27-18-20-40(21-19-27)34(42)23-28-11-7-6-10-26(28)2/h6-17,24,27H,18-23H2,1-5H3,(H2,37,38,43). The summed E-state index contributed by atoms with van der Waals surface area (Å²) in [5.74, 6) is 1.27. The molecule has 1 fully saturated rings. The highest BCUT2D eigenvalue weighted by Gasteiger charge is 2.25. The second-order valence-corrected chi connectivity index (χ2v) is 12.8. The molecule has 7 nitrogen and oxygen atoms in total. The van der Waals surface area contributed by atoms with Gasteiger partial charge in [0.1, 0.15) is 5.82 Å². The minimum Gasteiger partial charge on any atom is -0.342 e. The number of hydrogen-bond donors (Lipinski definition) is 2. The van der Waals surface area contributed by atoms with Gasteiger partial charge in [0, 0.05) is 30.3 Å². The summed E-state index contributed by atoms with van der Waals surface area (Å²) in [6.07, 6.45) is 3.21. The number of hydrogen-bond acceptors (Lipinski definition) is 3. The number of aromatic nitrogens is 2. The highest BCUT2D eigenvalue weighted by molar-refractivity contribution is 6.00. The van der Waals surface area contributed by atoms with Crippen molar-refractivity contribution >= 4 is 23.4 Å². The van der Waals surface area contributed by atoms with Crippen molar-refractivity contribution in [1.29, 1.82) is 0 Å². The fourth-order valence-corrected chi connectivity index (χ4v) is 5.59. The largest absolute Gasteiger partial charge is 0.342 e. The van der Waals surface area contributed by atoms with E-state index in [9.17, 15) is 9.59 Å². The van der Waals surface area contributed by atoms with Crippen molar-refractivity contribution in [3.05, 3.63) is 107 Å². The van der Waals surface area contributed by atoms with Crippen LogP contribution in [0.1, 0.15) is 61.6 Å². The van der Waals surface area contributed by atoms with Gasteiger partial charge >= 0.3 is 6.03 Å². The van der Waals surface area contributed by atoms with E-state index in [1.807, 2.05) is 78.6 Å². The second-order valence-electron chi connectivity index (χ2n) is 12.8. The van der Waals surface area contributed by atoms with Crippen LogP contribution in [-0.4, -0.2) is 39.7 Å². The monoisotopic (exact) mass is 577 g/mol. The van der Waals surface area contributed by atoms with Crippen molar-refractivity contribution < 1.29 is 9.59 Å². The zero-order valence-corrected chi connectivity index (χ0v) is 26.0. The van der Waals surface area contributed by atoms with E-state index >= 15 is 0 Å². The Hall–Kier alpha value is -4.39. The topological polar surface area (TPSA) is 79.3 Å². The fraction of sp³-hybridized carbons (Fsp3) is 0.361. The lowest BCUT2D eigenvalue weighted by Crippen LogP contribution is -2.39. The van der Waals surface area contributed by atoms with Crippen molar-refractivity contribution in [2.75, 3.05) is 23.7 Å². The summed E-state index contributed by atoms with van der Waals surface area (Å²) in [5, 5.41) is 11.0. The Morgan fingerprint density at radius 3 is 2.19 bits per heavy atom. The van der Waals surface area contributed by atoms with Crippen LogP contribution in [0.2, 0.25) is 0 Å². The zero-order valence-electron chi connectivity index (χ0n) is 26.0. The second kappa shape index (κ2) is 12.9. The molecule has 1 aliphatic rings. The first-order chi connectivity index (χ1) is 20.6. The molecule has 0 bridgehead atoms. The number of rotatable bonds is 7. The Kier molecular flexibility index (Phi) is 9.00. The Morgan fingerprint density at radius 1 is 0.860 bits per heavy atom. The summed E-state index contributed by atoms with van der Waals surface area (Å²) in [7, 11) is 0. The van der Waals surface area contributed by atoms with Gasteiger partial charge in [-0.3, -0.25) is 10.1 Å². The third kappa shape index (κ3) is 7.53. The molecule has 0 aliphatic carbocycles. The maximum absolute atomic E-state index is 13.3. The van der Waals surface area contributed by atoms with E-state index in [0.29, 0.717) is 18.2 Å². The zero-order chi connectivity index (χ0) is 30.6. The molecule has 1 aromatic heterocycles. The number of aryl methyl sites for hydroxylation is 2. The van der Waals surface area contributed by atoms with Gasteiger partial charge in [0.25, 0.3) is 0 Å². The normalized spacial score (nSPS) is 14.0. The lowest BCUT2D eigenvalue weighted by Gasteiger charge is -2.32. The summed E-state index contributed by atoms with van der Waals surface area (Å²) >= 11 is 0. The van der Waals surface area contributed by atoms with Crippen molar-refractivity contribution in [2.45, 2.75) is 65.7 Å². The number of carbonyl (C=O) groups is 2. The van der Waals surface area contributed by atoms with E-state index in [2.05, 4.69) is 50.5 Å². The summed E-state index contributed by atoms with van der Waals surface area (Å²) in [6, 6.07) is 25.8. The minimum absolute atomic E-state index is 0.171. The van der Waals surface area contributed by atoms with Crippen LogP contribution >= 0.6 is 0 Å². The Balaban J connectivity index is 1.22. The van der Waals surface area contributed by atoms with Crippen LogP contribution in [0.4, 0.5) is 16.3 Å². The molecule has 4 aromatic rings. The van der Waals surface area contributed by atoms with E-state index in [1.165, 1.54) is 0 Å². The van der Waals surface area contributed by atoms with Crippen LogP contribution < -0.4 is 10.6 Å². The molecule has 0 unspecified atom stereocenters. The number of likely N-dealkylation sites (tertiary alicyclic amines) is 1. The predicted octanol–water partition coefficient (Wildman–Crippen LogP) is 7.45. The molecule has 1 aliphatic heterocycles. The van der Waals surface area contributed by atoms with Gasteiger partial charge < -0.3 is 10.2 Å². The van der Waals surface area contributed by atoms with E-state index < -0.39 is 0 Å². The van der Waals surface area contributed by atoms with Crippen molar-refractivity contribution in [1.82, 2.24) is 14.7 Å². The molecule has 7 heteroatoms. The van der Waals surface area contributed by atoms with Crippen LogP contribution in [0.5, 0.6) is 0 Å². The SMILES string of the molecule is Cc1ccc(-n2nc(C(C)(C)C)cc2NC(=O)Nc2ccccc2CC2CCN(C(=O)Cc3ccccc3C)CC2)cc1. The minimum atomic E-state index is -0.308. The highest BCUT2D eigenvalue weighted by Crippen LogP contribution is 2.28. The van der Waals surface area contributed by atoms with Gasteiger partial charge in [-0.2, -0.15) is 5.10 Å². The van der Waals surface area contributed by atoms with Crippen molar-refractivity contribution in [2.24, 2.45) is 5.92 Å². The molecule has 2 N–H and O–H groups in total. The smallest absolute Gasteiger partial charge is 0.324 e. The number of amides is 3. The number of carbonyl (C=O) groups excluding carboxylic acids is 2. The number of anilines is 2. The molecule has 0 radical (unpaired) electrons. The quantitative estimate of drug-likeness (QED) is 0.239. The van der Waals surface area contributed by atoms with Crippen LogP contribution in [0, 0.1) is 19.8 Å². The lowest BCUT2D eigenvalue weighted by molar-refractivity contribution is -0.131. The number of para-hydroxylation sites is 1. The molecule has 3 aromatic carbocycles. The first-order valence-electron chi connectivity index (χ1n) is 15.2. The van der Waals surface area contributed by atoms with Crippen LogP contribution in [0.25, 0.3) is 5.69 Å². The average molecular weight is 578 g/mol. The van der Waals surface area contributed by atoms with E-state index in [-0.39, 0.29) is 17.4 Å². The van der Waals surface area contributed by atoms with Crippen LogP contribution in [0.15, 0.2) is 78.9 Å². The summed E-state index contributed by atoms with van der Waals surface area (Å²) in [5.41, 5.74) is 6.94. The number of urea groups is 1. The Bertz CT molecular complexity index is 1570. The van der Waals surface area contributed by atoms with Crippen LogP contribution in [-0.2, 0) is 23.1 Å². The molecule has 2 heterocycles. The average Bonchev–Trinajstić information content (AvgIpc) is 3.40. The van der Waals surface area contributed by atoms with Gasteiger partial charge in [0.2, 0.25) is 5.91 Å². The molecule has 0 saturated carbocycles. The van der Waals surface area contributed by atoms with Crippen molar-refractivity contribution in [3.63, 3.8) is 0 Å². The third-order valence-electron chi connectivity index (χ3n) is 8.34. The number of nitrogens with one attached hydrogen (secondary N) is 2. The first-order valence-corrected chi connectivity index (χ1v) is 15.2. The summed E-state index contributed by atoms with van der Waals surface area (Å²) in [4.78, 5) is 28.3. The lowest BCUT2D eigenvalue weighted by atomic mass is 9.89. The number of benzene rings is 3. The highest BCUT2D eigenvalue weighted by atomic mass is 16.2. The molecular weight excluding hydrogens is 534 g/mol. The molecule has 224 valence electrons. The summed E-state index contributed by atoms with van der Waals surface area (Å²) in [6.45, 7) is 12.0. The van der Waals surface area contributed by atoms with E-state index in [0.717, 1.165) is 71.7 Å². The van der Waals surface area contributed by atoms with Gasteiger partial charge in [0.15, 0.2) is 0 Å². The van der Waals surface area contributed by atoms with Crippen molar-refractivity contribution in [3.8, 4) is 5.69 Å². The number of piperidine rings is 1. The Morgan fingerprint density at radius 2 is 1.51 bits per heavy atom. The van der Waals surface area contributed by atoms with Gasteiger partial charge in [-0.05, 0) is 73.9 Å². The van der Waals surface area contributed by atoms with E-state index in [1.54, 1.807) is 4.68 Å². The van der Waals surface area contributed by atoms with E-state index in [4.69, 9.17) is 5.10 Å². The molecule has 3 amide bonds. The third-order valence-corrected chi connectivity index (χ3v) is 8.34. The predicted molar refractivity (Wildman–Crippen MR) is 174 cm³/mol. The van der Waals surface area contributed by atoms with Gasteiger partial charge in [-0.1, -0.05) is 80.9 Å². The van der Waals surface area contributed by atoms with Crippen LogP contribution in [0.3, 0.4) is 0 Å². The summed E-state index contributed by atoms with van der Waals surface area (Å²) < 4.78 is 1.79. The molecule has 0 spiro atoms. The molecular formula is C36H43N5O2. The van der Waals surface area contributed by atoms with Gasteiger partial charge in [-0.25, -0.2) is 9.48 Å². The molecule has 5 rings (SSSR count). The molecule has 0 atom stereocenters. The maximum Gasteiger partial charge on any atom is 0.324 e. The Labute approximate surface area is 255 Å². The molecule has 1 saturated heterocycles.